The molecule has 0 heterocycles. The highest BCUT2D eigenvalue weighted by molar-refractivity contribution is 5.94. The van der Waals surface area contributed by atoms with E-state index in [9.17, 15) is 4.79 Å². The average molecular weight is 286 g/mol. The lowest BCUT2D eigenvalue weighted by atomic mass is 10.1. The van der Waals surface area contributed by atoms with Gasteiger partial charge in [0, 0.05) is 6.61 Å². The summed E-state index contributed by atoms with van der Waals surface area (Å²) in [6.07, 6.45) is 0.605. The molecule has 21 heavy (non-hydrogen) atoms. The Hall–Kier alpha value is -2.53. The smallest absolute Gasteiger partial charge is 0.262 e. The van der Waals surface area contributed by atoms with Gasteiger partial charge in [-0.3, -0.25) is 4.79 Å². The van der Waals surface area contributed by atoms with Crippen molar-refractivity contribution in [2.24, 2.45) is 0 Å². The van der Waals surface area contributed by atoms with Crippen LogP contribution in [0.25, 0.3) is 0 Å². The van der Waals surface area contributed by atoms with E-state index in [4.69, 9.17) is 15.6 Å². The van der Waals surface area contributed by atoms with Crippen molar-refractivity contribution in [2.45, 2.75) is 6.42 Å². The standard InChI is InChI=1S/C16H18N2O3/c17-14-3-1-2-4-15(14)18-16(20)11-21-13-7-5-12(6-8-13)9-10-19/h1-8,19H,9-11,17H2,(H,18,20). The highest BCUT2D eigenvalue weighted by atomic mass is 16.5. The summed E-state index contributed by atoms with van der Waals surface area (Å²) in [5.74, 6) is 0.334. The van der Waals surface area contributed by atoms with Crippen LogP contribution in [0.4, 0.5) is 11.4 Å². The summed E-state index contributed by atoms with van der Waals surface area (Å²) in [6, 6.07) is 14.3. The lowest BCUT2D eigenvalue weighted by Crippen LogP contribution is -2.20. The van der Waals surface area contributed by atoms with Crippen LogP contribution >= 0.6 is 0 Å². The number of carbonyl (C=O) groups excluding carboxylic acids is 1. The molecule has 4 N–H and O–H groups in total. The van der Waals surface area contributed by atoms with E-state index in [0.717, 1.165) is 5.56 Å². The maximum absolute atomic E-state index is 11.8. The molecule has 0 unspecified atom stereocenters. The predicted octanol–water partition coefficient (Wildman–Crippen LogP) is 1.82. The molecular formula is C16H18N2O3. The molecule has 0 aliphatic heterocycles. The molecule has 110 valence electrons. The molecule has 0 aliphatic carbocycles. The van der Waals surface area contributed by atoms with E-state index in [2.05, 4.69) is 5.32 Å². The molecule has 0 aromatic heterocycles. The lowest BCUT2D eigenvalue weighted by molar-refractivity contribution is -0.118. The van der Waals surface area contributed by atoms with Crippen LogP contribution in [-0.4, -0.2) is 24.2 Å². The van der Waals surface area contributed by atoms with Gasteiger partial charge in [0.15, 0.2) is 6.61 Å². The number of carbonyl (C=O) groups is 1. The molecule has 2 aromatic rings. The minimum Gasteiger partial charge on any atom is -0.484 e. The summed E-state index contributed by atoms with van der Waals surface area (Å²) < 4.78 is 5.40. The quantitative estimate of drug-likeness (QED) is 0.707. The van der Waals surface area contributed by atoms with Crippen LogP contribution in [0.1, 0.15) is 5.56 Å². The second kappa shape index (κ2) is 7.31. The molecular weight excluding hydrogens is 268 g/mol. The highest BCUT2D eigenvalue weighted by Gasteiger charge is 2.05. The number of nitrogen functional groups attached to an aromatic ring is 1. The summed E-state index contributed by atoms with van der Waals surface area (Å²) in [6.45, 7) is 0.0226. The maximum Gasteiger partial charge on any atom is 0.262 e. The number of aliphatic hydroxyl groups excluding tert-OH is 1. The zero-order chi connectivity index (χ0) is 15.1. The number of nitrogens with two attached hydrogens (primary N) is 1. The summed E-state index contributed by atoms with van der Waals surface area (Å²) >= 11 is 0. The third-order valence-electron chi connectivity index (χ3n) is 2.93. The summed E-state index contributed by atoms with van der Waals surface area (Å²) in [5.41, 5.74) is 7.85. The number of rotatable bonds is 6. The number of ether oxygens (including phenoxy) is 1. The SMILES string of the molecule is Nc1ccccc1NC(=O)COc1ccc(CCO)cc1. The van der Waals surface area contributed by atoms with E-state index in [1.165, 1.54) is 0 Å². The van der Waals surface area contributed by atoms with Gasteiger partial charge in [-0.1, -0.05) is 24.3 Å². The fourth-order valence-corrected chi connectivity index (χ4v) is 1.83. The predicted molar refractivity (Wildman–Crippen MR) is 82.2 cm³/mol. The van der Waals surface area contributed by atoms with Gasteiger partial charge in [0.05, 0.1) is 11.4 Å². The van der Waals surface area contributed by atoms with Gasteiger partial charge < -0.3 is 20.9 Å². The van der Waals surface area contributed by atoms with E-state index in [1.54, 1.807) is 36.4 Å². The molecule has 0 spiro atoms. The molecule has 5 nitrogen and oxygen atoms in total. The fraction of sp³-hybridized carbons (Fsp3) is 0.188. The van der Waals surface area contributed by atoms with Crippen molar-refractivity contribution in [3.63, 3.8) is 0 Å². The van der Waals surface area contributed by atoms with Crippen molar-refractivity contribution < 1.29 is 14.6 Å². The van der Waals surface area contributed by atoms with Crippen molar-refractivity contribution in [1.82, 2.24) is 0 Å². The first kappa shape index (κ1) is 14.9. The van der Waals surface area contributed by atoms with E-state index in [-0.39, 0.29) is 19.1 Å². The van der Waals surface area contributed by atoms with Gasteiger partial charge in [-0.2, -0.15) is 0 Å². The molecule has 0 bridgehead atoms. The van der Waals surface area contributed by atoms with Gasteiger partial charge in [-0.25, -0.2) is 0 Å². The van der Waals surface area contributed by atoms with Gasteiger partial charge >= 0.3 is 0 Å². The zero-order valence-electron chi connectivity index (χ0n) is 11.6. The van der Waals surface area contributed by atoms with E-state index < -0.39 is 0 Å². The molecule has 5 heteroatoms. The van der Waals surface area contributed by atoms with Crippen molar-refractivity contribution in [2.75, 3.05) is 24.3 Å². The Bertz CT molecular complexity index is 597. The third kappa shape index (κ3) is 4.50. The maximum atomic E-state index is 11.8. The van der Waals surface area contributed by atoms with Crippen LogP contribution in [0, 0.1) is 0 Å². The fourth-order valence-electron chi connectivity index (χ4n) is 1.83. The second-order valence-corrected chi connectivity index (χ2v) is 4.54. The number of amides is 1. The Balaban J connectivity index is 1.85. The Morgan fingerprint density at radius 2 is 1.86 bits per heavy atom. The molecule has 0 saturated heterocycles. The summed E-state index contributed by atoms with van der Waals surface area (Å²) in [4.78, 5) is 11.8. The summed E-state index contributed by atoms with van der Waals surface area (Å²) in [5, 5.41) is 11.5. The van der Waals surface area contributed by atoms with Gasteiger partial charge in [0.25, 0.3) is 5.91 Å². The average Bonchev–Trinajstić information content (AvgIpc) is 2.49. The number of anilines is 2. The van der Waals surface area contributed by atoms with E-state index in [1.807, 2.05) is 12.1 Å². The molecule has 0 aliphatic rings. The van der Waals surface area contributed by atoms with E-state index in [0.29, 0.717) is 23.5 Å². The monoisotopic (exact) mass is 286 g/mol. The van der Waals surface area contributed by atoms with Crippen LogP contribution in [0.5, 0.6) is 5.75 Å². The van der Waals surface area contributed by atoms with Crippen LogP contribution in [-0.2, 0) is 11.2 Å². The first-order chi connectivity index (χ1) is 10.2. The van der Waals surface area contributed by atoms with E-state index >= 15 is 0 Å². The number of para-hydroxylation sites is 2. The van der Waals surface area contributed by atoms with Gasteiger partial charge in [-0.15, -0.1) is 0 Å². The minimum atomic E-state index is -0.271. The number of hydrogen-bond donors (Lipinski definition) is 3. The van der Waals surface area contributed by atoms with Crippen molar-refractivity contribution in [3.8, 4) is 5.75 Å². The number of nitrogens with one attached hydrogen (secondary N) is 1. The zero-order valence-corrected chi connectivity index (χ0v) is 11.6. The third-order valence-corrected chi connectivity index (χ3v) is 2.93. The first-order valence-electron chi connectivity index (χ1n) is 6.66. The lowest BCUT2D eigenvalue weighted by Gasteiger charge is -2.09. The Kier molecular flexibility index (Phi) is 5.17. The normalized spacial score (nSPS) is 10.1. The molecule has 0 saturated carbocycles. The minimum absolute atomic E-state index is 0.0896. The number of benzene rings is 2. The molecule has 0 fully saturated rings. The number of hydrogen-bond acceptors (Lipinski definition) is 4. The van der Waals surface area contributed by atoms with Gasteiger partial charge in [0.2, 0.25) is 0 Å². The molecule has 0 atom stereocenters. The van der Waals surface area contributed by atoms with Crippen molar-refractivity contribution >= 4 is 17.3 Å². The van der Waals surface area contributed by atoms with Crippen molar-refractivity contribution in [3.05, 3.63) is 54.1 Å². The van der Waals surface area contributed by atoms with Crippen LogP contribution in [0.2, 0.25) is 0 Å². The second-order valence-electron chi connectivity index (χ2n) is 4.54. The Labute approximate surface area is 123 Å². The van der Waals surface area contributed by atoms with Gasteiger partial charge in [0.1, 0.15) is 5.75 Å². The number of aliphatic hydroxyl groups is 1. The first-order valence-corrected chi connectivity index (χ1v) is 6.66. The Morgan fingerprint density at radius 3 is 2.52 bits per heavy atom. The van der Waals surface area contributed by atoms with Crippen LogP contribution in [0.15, 0.2) is 48.5 Å². The van der Waals surface area contributed by atoms with Gasteiger partial charge in [-0.05, 0) is 36.2 Å². The topological polar surface area (TPSA) is 84.6 Å². The molecule has 2 rings (SSSR count). The molecule has 2 aromatic carbocycles. The summed E-state index contributed by atoms with van der Waals surface area (Å²) in [7, 11) is 0. The highest BCUT2D eigenvalue weighted by Crippen LogP contribution is 2.17. The molecule has 1 amide bonds. The Morgan fingerprint density at radius 1 is 1.14 bits per heavy atom. The van der Waals surface area contributed by atoms with Crippen LogP contribution in [0.3, 0.4) is 0 Å². The van der Waals surface area contributed by atoms with Crippen molar-refractivity contribution in [1.29, 1.82) is 0 Å². The largest absolute Gasteiger partial charge is 0.484 e. The molecule has 0 radical (unpaired) electrons. The van der Waals surface area contributed by atoms with Crippen LogP contribution < -0.4 is 15.8 Å².